The van der Waals surface area contributed by atoms with Crippen LogP contribution in [0.3, 0.4) is 0 Å². The first-order chi connectivity index (χ1) is 16.6. The van der Waals surface area contributed by atoms with Gasteiger partial charge in [0.1, 0.15) is 17.9 Å². The van der Waals surface area contributed by atoms with Crippen LogP contribution >= 0.6 is 0 Å². The van der Waals surface area contributed by atoms with Crippen LogP contribution in [0, 0.1) is 0 Å². The number of piperazine rings is 1. The number of carbonyl (C=O) groups is 2. The van der Waals surface area contributed by atoms with Crippen molar-refractivity contribution in [1.29, 1.82) is 0 Å². The van der Waals surface area contributed by atoms with Crippen molar-refractivity contribution in [3.63, 3.8) is 0 Å². The average molecular weight is 480 g/mol. The molecule has 8 nitrogen and oxygen atoms in total. The maximum absolute atomic E-state index is 13.8. The molecule has 2 fully saturated rings. The van der Waals surface area contributed by atoms with Gasteiger partial charge in [-0.15, -0.1) is 0 Å². The van der Waals surface area contributed by atoms with Crippen LogP contribution in [0.4, 0.5) is 0 Å². The van der Waals surface area contributed by atoms with Gasteiger partial charge < -0.3 is 24.4 Å². The molecule has 2 saturated heterocycles. The van der Waals surface area contributed by atoms with Gasteiger partial charge in [-0.25, -0.2) is 0 Å². The van der Waals surface area contributed by atoms with Crippen LogP contribution < -0.4 is 4.74 Å². The van der Waals surface area contributed by atoms with Crippen LogP contribution in [0.2, 0.25) is 0 Å². The second kappa shape index (κ2) is 8.24. The van der Waals surface area contributed by atoms with Crippen LogP contribution in [-0.2, 0) is 16.1 Å². The number of allylic oxidation sites excluding steroid dienone is 3. The molecule has 0 spiro atoms. The predicted molar refractivity (Wildman–Crippen MR) is 132 cm³/mol. The van der Waals surface area contributed by atoms with Gasteiger partial charge in [-0.3, -0.25) is 14.5 Å². The molecular formula is C27H33N3O5. The number of aliphatic hydroxyl groups excluding tert-OH is 1. The minimum absolute atomic E-state index is 0.326. The van der Waals surface area contributed by atoms with Gasteiger partial charge in [0.25, 0.3) is 11.6 Å². The molecule has 0 radical (unpaired) electrons. The molecule has 186 valence electrons. The fourth-order valence-corrected chi connectivity index (χ4v) is 5.88. The normalized spacial score (nSPS) is 27.5. The number of carbonyl (C=O) groups excluding carboxylic acids is 2. The van der Waals surface area contributed by atoms with E-state index in [1.807, 2.05) is 45.9 Å². The Morgan fingerprint density at radius 3 is 2.60 bits per heavy atom. The number of hydrogen-bond donors (Lipinski definition) is 2. The first-order valence-electron chi connectivity index (χ1n) is 12.1. The maximum atomic E-state index is 13.8. The van der Waals surface area contributed by atoms with Crippen molar-refractivity contribution in [3.05, 3.63) is 52.8 Å². The summed E-state index contributed by atoms with van der Waals surface area (Å²) >= 11 is 0. The second-order valence-corrected chi connectivity index (χ2v) is 10.3. The molecule has 5 rings (SSSR count). The van der Waals surface area contributed by atoms with Gasteiger partial charge in [0.05, 0.1) is 24.4 Å². The first kappa shape index (κ1) is 23.6. The highest BCUT2D eigenvalue weighted by Gasteiger charge is 2.65. The van der Waals surface area contributed by atoms with Gasteiger partial charge in [-0.05, 0) is 52.7 Å². The van der Waals surface area contributed by atoms with Crippen molar-refractivity contribution in [1.82, 2.24) is 14.4 Å². The molecule has 0 aliphatic carbocycles. The average Bonchev–Trinajstić information content (AvgIpc) is 3.42. The van der Waals surface area contributed by atoms with Crippen molar-refractivity contribution in [3.8, 4) is 5.75 Å². The number of benzene rings is 1. The molecule has 2 amide bonds. The van der Waals surface area contributed by atoms with Gasteiger partial charge in [0.2, 0.25) is 5.91 Å². The molecule has 0 saturated carbocycles. The number of ether oxygens (including phenoxy) is 1. The Hall–Kier alpha value is -3.10. The lowest BCUT2D eigenvalue weighted by atomic mass is 9.82. The Bertz CT molecular complexity index is 1280. The molecule has 1 aromatic heterocycles. The monoisotopic (exact) mass is 479 g/mol. The summed E-state index contributed by atoms with van der Waals surface area (Å²) < 4.78 is 7.54. The maximum Gasteiger partial charge on any atom is 0.279 e. The summed E-state index contributed by atoms with van der Waals surface area (Å²) in [7, 11) is 1.60. The fraction of sp³-hybridized carbons (Fsp3) is 0.481. The number of hydrogen-bond acceptors (Lipinski definition) is 5. The van der Waals surface area contributed by atoms with Crippen molar-refractivity contribution in [2.75, 3.05) is 13.7 Å². The summed E-state index contributed by atoms with van der Waals surface area (Å²) in [6.45, 7) is 8.79. The molecule has 2 unspecified atom stereocenters. The number of amides is 2. The van der Waals surface area contributed by atoms with Gasteiger partial charge in [-0.2, -0.15) is 0 Å². The van der Waals surface area contributed by atoms with E-state index in [-0.39, 0.29) is 5.91 Å². The number of rotatable bonds is 4. The van der Waals surface area contributed by atoms with E-state index >= 15 is 0 Å². The van der Waals surface area contributed by atoms with E-state index in [4.69, 9.17) is 4.74 Å². The Morgan fingerprint density at radius 1 is 1.20 bits per heavy atom. The van der Waals surface area contributed by atoms with Crippen molar-refractivity contribution < 1.29 is 24.5 Å². The molecule has 3 aliphatic heterocycles. The van der Waals surface area contributed by atoms with E-state index in [1.54, 1.807) is 13.2 Å². The van der Waals surface area contributed by atoms with Crippen molar-refractivity contribution in [2.45, 2.75) is 71.0 Å². The summed E-state index contributed by atoms with van der Waals surface area (Å²) in [4.78, 5) is 30.2. The van der Waals surface area contributed by atoms with Crippen molar-refractivity contribution in [2.24, 2.45) is 0 Å². The summed E-state index contributed by atoms with van der Waals surface area (Å²) in [5.74, 6) is -0.278. The Kier molecular flexibility index (Phi) is 5.56. The molecule has 4 atom stereocenters. The summed E-state index contributed by atoms with van der Waals surface area (Å²) in [5.41, 5.74) is 1.67. The first-order valence-corrected chi connectivity index (χ1v) is 12.1. The Morgan fingerprint density at radius 2 is 1.94 bits per heavy atom. The van der Waals surface area contributed by atoms with Gasteiger partial charge in [0.15, 0.2) is 0 Å². The highest BCUT2D eigenvalue weighted by Crippen LogP contribution is 2.52. The topological polar surface area (TPSA) is 95.2 Å². The standard InChI is InChI=1S/C27H33N3O5/c1-15(2)10-12-28-20-14-17(35-5)8-9-18(20)22-23(28)21(13-16(3)4)30-25(32)19-7-6-11-29(19)26(33)27(30,34)24(22)31/h8-10,13-14,19,21,24,31,34H,6-7,11-12H2,1-5H3/t19-,21?,24?,27+/m0/s1. The number of nitrogens with zero attached hydrogens (tertiary/aromatic N) is 3. The third-order valence-corrected chi connectivity index (χ3v) is 7.46. The number of methoxy groups -OCH3 is 1. The zero-order valence-corrected chi connectivity index (χ0v) is 20.9. The third kappa shape index (κ3) is 3.27. The minimum Gasteiger partial charge on any atom is -0.497 e. The van der Waals surface area contributed by atoms with Crippen LogP contribution in [0.1, 0.15) is 63.9 Å². The lowest BCUT2D eigenvalue weighted by molar-refractivity contribution is -0.229. The van der Waals surface area contributed by atoms with E-state index in [0.717, 1.165) is 22.0 Å². The van der Waals surface area contributed by atoms with Crippen LogP contribution in [-0.4, -0.2) is 61.8 Å². The Balaban J connectivity index is 1.86. The zero-order valence-electron chi connectivity index (χ0n) is 20.9. The molecule has 3 aliphatic rings. The van der Waals surface area contributed by atoms with Crippen LogP contribution in [0.15, 0.2) is 41.5 Å². The molecule has 2 N–H and O–H groups in total. The Labute approximate surface area is 205 Å². The van der Waals surface area contributed by atoms with E-state index < -0.39 is 29.8 Å². The van der Waals surface area contributed by atoms with E-state index in [1.165, 1.54) is 9.80 Å². The second-order valence-electron chi connectivity index (χ2n) is 10.3. The largest absolute Gasteiger partial charge is 0.497 e. The van der Waals surface area contributed by atoms with Gasteiger partial charge in [-0.1, -0.05) is 23.3 Å². The number of aromatic nitrogens is 1. The van der Waals surface area contributed by atoms with E-state index in [0.29, 0.717) is 42.9 Å². The molecule has 4 heterocycles. The summed E-state index contributed by atoms with van der Waals surface area (Å²) in [6.07, 6.45) is 3.63. The molecule has 1 aromatic carbocycles. The third-order valence-electron chi connectivity index (χ3n) is 7.46. The molecule has 8 heteroatoms. The van der Waals surface area contributed by atoms with Gasteiger partial charge in [0, 0.05) is 30.1 Å². The van der Waals surface area contributed by atoms with Crippen LogP contribution in [0.25, 0.3) is 10.9 Å². The predicted octanol–water partition coefficient (Wildman–Crippen LogP) is 3.19. The minimum atomic E-state index is -2.38. The fourth-order valence-electron chi connectivity index (χ4n) is 5.88. The van der Waals surface area contributed by atoms with Gasteiger partial charge >= 0.3 is 0 Å². The molecule has 0 bridgehead atoms. The molecule has 2 aromatic rings. The summed E-state index contributed by atoms with van der Waals surface area (Å²) in [6, 6.07) is 4.22. The molecule has 35 heavy (non-hydrogen) atoms. The van der Waals surface area contributed by atoms with Crippen LogP contribution in [0.5, 0.6) is 5.75 Å². The number of fused-ring (bicyclic) bond motifs is 5. The number of aliphatic hydroxyl groups is 2. The SMILES string of the molecule is COc1ccc2c3c(n(CC=C(C)C)c2c1)C(C=C(C)C)N1C(=O)[C@@H]2CCCN2C(=O)[C@]1(O)C3O. The van der Waals surface area contributed by atoms with Crippen molar-refractivity contribution >= 4 is 22.7 Å². The summed E-state index contributed by atoms with van der Waals surface area (Å²) in [5, 5.41) is 24.4. The highest BCUT2D eigenvalue weighted by atomic mass is 16.5. The zero-order chi connectivity index (χ0) is 25.2. The molecular weight excluding hydrogens is 446 g/mol. The lowest BCUT2D eigenvalue weighted by Crippen LogP contribution is -2.74. The highest BCUT2D eigenvalue weighted by molar-refractivity contribution is 6.02. The van der Waals surface area contributed by atoms with E-state index in [9.17, 15) is 19.8 Å². The van der Waals surface area contributed by atoms with E-state index in [2.05, 4.69) is 10.6 Å². The quantitative estimate of drug-likeness (QED) is 0.657. The smallest absolute Gasteiger partial charge is 0.279 e. The lowest BCUT2D eigenvalue weighted by Gasteiger charge is -2.54.